The number of anilines is 2. The summed E-state index contributed by atoms with van der Waals surface area (Å²) in [5.41, 5.74) is 1.26. The zero-order chi connectivity index (χ0) is 21.7. The maximum absolute atomic E-state index is 13.6. The van der Waals surface area contributed by atoms with E-state index in [1.165, 1.54) is 11.3 Å². The second-order valence-electron chi connectivity index (χ2n) is 7.56. The van der Waals surface area contributed by atoms with Crippen LogP contribution in [0.3, 0.4) is 0 Å². The van der Waals surface area contributed by atoms with Gasteiger partial charge in [-0.1, -0.05) is 11.3 Å². The number of aromatic nitrogens is 2. The summed E-state index contributed by atoms with van der Waals surface area (Å²) in [6.07, 6.45) is 0.542. The predicted molar refractivity (Wildman–Crippen MR) is 108 cm³/mol. The number of thiazole rings is 1. The third-order valence-corrected chi connectivity index (χ3v) is 6.40. The number of hydrogen-bond acceptors (Lipinski definition) is 8. The van der Waals surface area contributed by atoms with Gasteiger partial charge in [-0.15, -0.1) is 0 Å². The molecule has 0 unspecified atom stereocenters. The summed E-state index contributed by atoms with van der Waals surface area (Å²) < 4.78 is 38.7. The number of halogens is 2. The van der Waals surface area contributed by atoms with Gasteiger partial charge in [0.05, 0.1) is 48.5 Å². The van der Waals surface area contributed by atoms with Crippen LogP contribution in [0.25, 0.3) is 11.1 Å². The highest BCUT2D eigenvalue weighted by Gasteiger charge is 2.43. The molecule has 4 heterocycles. The average Bonchev–Trinajstić information content (AvgIpc) is 3.31. The summed E-state index contributed by atoms with van der Waals surface area (Å²) >= 11 is 1.32. The maximum Gasteiger partial charge on any atom is 0.321 e. The molecule has 31 heavy (non-hydrogen) atoms. The summed E-state index contributed by atoms with van der Waals surface area (Å²) in [5.74, 6) is -1.98. The molecular weight excluding hydrogens is 432 g/mol. The summed E-state index contributed by atoms with van der Waals surface area (Å²) in [6.45, 7) is 2.30. The van der Waals surface area contributed by atoms with Crippen LogP contribution in [0.5, 0.6) is 0 Å². The summed E-state index contributed by atoms with van der Waals surface area (Å²) in [5, 5.41) is 14.8. The molecule has 0 aliphatic carbocycles. The predicted octanol–water partition coefficient (Wildman–Crippen LogP) is 2.57. The lowest BCUT2D eigenvalue weighted by atomic mass is 9.97. The minimum absolute atomic E-state index is 0.118. The summed E-state index contributed by atoms with van der Waals surface area (Å²) in [4.78, 5) is 23.9. The number of morpholine rings is 1. The first-order chi connectivity index (χ1) is 14.9. The molecule has 2 bridgehead atoms. The van der Waals surface area contributed by atoms with Crippen molar-refractivity contribution >= 4 is 39.6 Å². The van der Waals surface area contributed by atoms with Gasteiger partial charge in [-0.25, -0.2) is 18.6 Å². The van der Waals surface area contributed by atoms with Gasteiger partial charge >= 0.3 is 6.03 Å². The van der Waals surface area contributed by atoms with E-state index in [0.717, 1.165) is 22.7 Å². The van der Waals surface area contributed by atoms with E-state index in [1.54, 1.807) is 6.92 Å². The van der Waals surface area contributed by atoms with Gasteiger partial charge in [0.25, 0.3) is 6.01 Å². The number of hydrogen-bond donors (Lipinski definition) is 3. The van der Waals surface area contributed by atoms with Crippen molar-refractivity contribution in [3.05, 3.63) is 34.3 Å². The second-order valence-corrected chi connectivity index (χ2v) is 8.59. The molecule has 9 nitrogen and oxygen atoms in total. The highest BCUT2D eigenvalue weighted by Crippen LogP contribution is 2.43. The molecule has 1 aromatic carbocycles. The van der Waals surface area contributed by atoms with Gasteiger partial charge in [0.2, 0.25) is 0 Å². The van der Waals surface area contributed by atoms with E-state index < -0.39 is 17.7 Å². The Labute approximate surface area is 179 Å². The van der Waals surface area contributed by atoms with Crippen LogP contribution in [0.4, 0.5) is 24.7 Å². The second kappa shape index (κ2) is 7.70. The number of carbonyl (C=O) groups is 1. The van der Waals surface area contributed by atoms with Gasteiger partial charge in [-0.3, -0.25) is 5.32 Å². The molecular formula is C19H19F2N5O4S. The first-order valence-electron chi connectivity index (χ1n) is 9.72. The molecule has 12 heteroatoms. The van der Waals surface area contributed by atoms with Crippen LogP contribution >= 0.6 is 11.3 Å². The number of ether oxygens (including phenoxy) is 1. The Morgan fingerprint density at radius 3 is 2.97 bits per heavy atom. The number of amides is 2. The first kappa shape index (κ1) is 20.1. The lowest BCUT2D eigenvalue weighted by Crippen LogP contribution is -2.51. The molecule has 0 spiro atoms. The highest BCUT2D eigenvalue weighted by atomic mass is 32.1. The molecule has 2 aliphatic rings. The van der Waals surface area contributed by atoms with Gasteiger partial charge in [-0.2, -0.15) is 4.98 Å². The van der Waals surface area contributed by atoms with Gasteiger partial charge < -0.3 is 24.5 Å². The van der Waals surface area contributed by atoms with Crippen LogP contribution in [-0.4, -0.2) is 53.0 Å². The average molecular weight is 451 g/mol. The van der Waals surface area contributed by atoms with Crippen LogP contribution in [0.2, 0.25) is 0 Å². The molecule has 0 radical (unpaired) electrons. The van der Waals surface area contributed by atoms with Crippen molar-refractivity contribution in [3.8, 4) is 0 Å². The quantitative estimate of drug-likeness (QED) is 0.559. The van der Waals surface area contributed by atoms with Crippen LogP contribution < -0.4 is 15.5 Å². The van der Waals surface area contributed by atoms with Gasteiger partial charge in [-0.05, 0) is 6.92 Å². The Morgan fingerprint density at radius 2 is 2.16 bits per heavy atom. The van der Waals surface area contributed by atoms with Crippen LogP contribution in [0.15, 0.2) is 16.5 Å². The summed E-state index contributed by atoms with van der Waals surface area (Å²) in [7, 11) is 0. The van der Waals surface area contributed by atoms with Crippen molar-refractivity contribution in [1.82, 2.24) is 15.3 Å². The van der Waals surface area contributed by atoms with Gasteiger partial charge in [0.1, 0.15) is 5.52 Å². The van der Waals surface area contributed by atoms with Crippen molar-refractivity contribution in [3.63, 3.8) is 0 Å². The monoisotopic (exact) mass is 451 g/mol. The Balaban J connectivity index is 1.44. The SMILES string of the molecule is C[C@H](CO)NC(=O)Nc1nc2c(s1)[C@@H]1COC[C@H](C2)N1c1nc2cc(F)c(F)cc2o1. The van der Waals surface area contributed by atoms with Crippen molar-refractivity contribution in [2.24, 2.45) is 0 Å². The van der Waals surface area contributed by atoms with Gasteiger partial charge in [0, 0.05) is 18.6 Å². The fourth-order valence-corrected chi connectivity index (χ4v) is 4.92. The maximum atomic E-state index is 13.6. The highest BCUT2D eigenvalue weighted by molar-refractivity contribution is 7.16. The Kier molecular flexibility index (Phi) is 4.99. The topological polar surface area (TPSA) is 113 Å². The minimum Gasteiger partial charge on any atom is -0.423 e. The minimum atomic E-state index is -0.994. The number of aliphatic hydroxyl groups is 1. The van der Waals surface area contributed by atoms with E-state index in [-0.39, 0.29) is 41.8 Å². The number of aliphatic hydroxyl groups excluding tert-OH is 1. The lowest BCUT2D eigenvalue weighted by Gasteiger charge is -2.43. The first-order valence-corrected chi connectivity index (χ1v) is 10.5. The Bertz CT molecular complexity index is 1110. The number of rotatable bonds is 4. The van der Waals surface area contributed by atoms with Gasteiger partial charge in [0.15, 0.2) is 22.3 Å². The number of nitrogens with zero attached hydrogens (tertiary/aromatic N) is 3. The van der Waals surface area contributed by atoms with Crippen LogP contribution in [0.1, 0.15) is 23.5 Å². The normalized spacial score (nSPS) is 21.1. The molecule has 0 saturated carbocycles. The molecule has 2 amide bonds. The number of oxazole rings is 1. The zero-order valence-electron chi connectivity index (χ0n) is 16.4. The van der Waals surface area contributed by atoms with Crippen molar-refractivity contribution in [1.29, 1.82) is 0 Å². The number of urea groups is 1. The van der Waals surface area contributed by atoms with Crippen LogP contribution in [0, 0.1) is 11.6 Å². The molecule has 3 atom stereocenters. The molecule has 3 N–H and O–H groups in total. The number of carbonyl (C=O) groups excluding carboxylic acids is 1. The Hall–Kier alpha value is -2.83. The third-order valence-electron chi connectivity index (χ3n) is 5.29. The Morgan fingerprint density at radius 1 is 1.35 bits per heavy atom. The molecule has 3 aromatic rings. The van der Waals surface area contributed by atoms with Crippen molar-refractivity contribution < 1.29 is 27.8 Å². The number of nitrogens with one attached hydrogen (secondary N) is 2. The zero-order valence-corrected chi connectivity index (χ0v) is 17.2. The molecule has 1 fully saturated rings. The lowest BCUT2D eigenvalue weighted by molar-refractivity contribution is 0.0579. The molecule has 1 saturated heterocycles. The van der Waals surface area contributed by atoms with Crippen LogP contribution in [-0.2, 0) is 11.2 Å². The fourth-order valence-electron chi connectivity index (χ4n) is 3.85. The van der Waals surface area contributed by atoms with Crippen molar-refractivity contribution in [2.75, 3.05) is 30.0 Å². The number of fused-ring (bicyclic) bond motifs is 5. The molecule has 2 aliphatic heterocycles. The van der Waals surface area contributed by atoms with E-state index in [2.05, 4.69) is 20.6 Å². The van der Waals surface area contributed by atoms with E-state index in [4.69, 9.17) is 14.3 Å². The smallest absolute Gasteiger partial charge is 0.321 e. The largest absolute Gasteiger partial charge is 0.423 e. The fraction of sp³-hybridized carbons (Fsp3) is 0.421. The van der Waals surface area contributed by atoms with E-state index >= 15 is 0 Å². The van der Waals surface area contributed by atoms with E-state index in [1.807, 2.05) is 4.90 Å². The van der Waals surface area contributed by atoms with Crippen molar-refractivity contribution in [2.45, 2.75) is 31.5 Å². The van der Waals surface area contributed by atoms with E-state index in [9.17, 15) is 13.6 Å². The standard InChI is InChI=1S/C19H19F2N5O4S/c1-8(5-27)22-17(28)25-18-23-13-2-9-6-29-7-14(16(13)31-18)26(9)19-24-12-3-10(20)11(21)4-15(12)30-19/h3-4,8-9,14,27H,2,5-7H2,1H3,(H2,22,23,25,28)/t8-,9+,14+/m1/s1. The molecule has 5 rings (SSSR count). The number of benzene rings is 1. The molecule has 2 aromatic heterocycles. The summed E-state index contributed by atoms with van der Waals surface area (Å²) in [6, 6.07) is 1.06. The van der Waals surface area contributed by atoms with E-state index in [0.29, 0.717) is 24.8 Å². The third kappa shape index (κ3) is 3.60. The molecule has 164 valence electrons.